The Balaban J connectivity index is 2.62. The zero-order valence-corrected chi connectivity index (χ0v) is 15.2. The van der Waals surface area contributed by atoms with Crippen molar-refractivity contribution in [1.82, 2.24) is 0 Å². The van der Waals surface area contributed by atoms with Crippen LogP contribution in [0, 0.1) is 12.8 Å². The third-order valence-corrected chi connectivity index (χ3v) is 5.93. The second kappa shape index (κ2) is 5.61. The van der Waals surface area contributed by atoms with E-state index in [9.17, 15) is 0 Å². The van der Waals surface area contributed by atoms with Crippen molar-refractivity contribution >= 4 is 5.69 Å². The number of aryl methyl sites for hydroxylation is 1. The minimum absolute atomic E-state index is 0.204. The second-order valence-corrected chi connectivity index (χ2v) is 7.83. The van der Waals surface area contributed by atoms with E-state index in [1.165, 1.54) is 22.4 Å². The van der Waals surface area contributed by atoms with Crippen LogP contribution in [0.1, 0.15) is 51.3 Å². The van der Waals surface area contributed by atoms with E-state index in [1.54, 1.807) is 0 Å². The molecule has 1 aliphatic rings. The Morgan fingerprint density at radius 3 is 1.91 bits per heavy atom. The lowest BCUT2D eigenvalue weighted by atomic mass is 9.71. The van der Waals surface area contributed by atoms with Crippen molar-refractivity contribution in [3.05, 3.63) is 54.1 Å². The minimum atomic E-state index is 0.204. The van der Waals surface area contributed by atoms with E-state index in [0.29, 0.717) is 5.92 Å². The topological polar surface area (TPSA) is 3.24 Å². The summed E-state index contributed by atoms with van der Waals surface area (Å²) in [6.45, 7) is 23.7. The van der Waals surface area contributed by atoms with E-state index >= 15 is 0 Å². The van der Waals surface area contributed by atoms with Crippen LogP contribution in [-0.2, 0) is 10.8 Å². The molecule has 0 spiro atoms. The van der Waals surface area contributed by atoms with Gasteiger partial charge in [0.2, 0.25) is 0 Å². The lowest BCUT2D eigenvalue weighted by molar-refractivity contribution is 0.264. The van der Waals surface area contributed by atoms with Crippen LogP contribution in [0.4, 0.5) is 5.69 Å². The van der Waals surface area contributed by atoms with Crippen LogP contribution in [0.3, 0.4) is 0 Å². The van der Waals surface area contributed by atoms with Crippen LogP contribution < -0.4 is 4.90 Å². The predicted molar refractivity (Wildman–Crippen MR) is 99.0 cm³/mol. The number of fused-ring (bicyclic) bond motifs is 1. The van der Waals surface area contributed by atoms with Crippen molar-refractivity contribution in [2.75, 3.05) is 18.0 Å². The maximum atomic E-state index is 3.90. The molecule has 2 rings (SSSR count). The first-order valence-electron chi connectivity index (χ1n) is 8.30. The molecule has 0 bridgehead atoms. The van der Waals surface area contributed by atoms with Crippen LogP contribution in [0.25, 0.3) is 0 Å². The first-order valence-corrected chi connectivity index (χ1v) is 8.30. The molecule has 0 heterocycles. The Hall–Kier alpha value is -1.50. The molecule has 0 radical (unpaired) electrons. The highest BCUT2D eigenvalue weighted by molar-refractivity contribution is 5.62. The Morgan fingerprint density at radius 1 is 1.00 bits per heavy atom. The van der Waals surface area contributed by atoms with Gasteiger partial charge >= 0.3 is 0 Å². The molecule has 22 heavy (non-hydrogen) atoms. The summed E-state index contributed by atoms with van der Waals surface area (Å²) in [5.74, 6) is 0.622. The Morgan fingerprint density at radius 2 is 1.45 bits per heavy atom. The van der Waals surface area contributed by atoms with Gasteiger partial charge in [-0.15, -0.1) is 13.2 Å². The third kappa shape index (κ3) is 2.41. The Kier molecular flexibility index (Phi) is 4.30. The van der Waals surface area contributed by atoms with Gasteiger partial charge in [-0.1, -0.05) is 52.8 Å². The highest BCUT2D eigenvalue weighted by atomic mass is 15.1. The van der Waals surface area contributed by atoms with Crippen LogP contribution >= 0.6 is 0 Å². The molecule has 1 aliphatic carbocycles. The monoisotopic (exact) mass is 297 g/mol. The fourth-order valence-electron chi connectivity index (χ4n) is 4.05. The Bertz CT molecular complexity index is 582. The van der Waals surface area contributed by atoms with Gasteiger partial charge in [0, 0.05) is 18.8 Å². The third-order valence-electron chi connectivity index (χ3n) is 5.93. The van der Waals surface area contributed by atoms with E-state index in [4.69, 9.17) is 0 Å². The van der Waals surface area contributed by atoms with Gasteiger partial charge in [0.25, 0.3) is 0 Å². The molecule has 0 aromatic heterocycles. The fourth-order valence-corrected chi connectivity index (χ4v) is 4.05. The molecule has 0 saturated heterocycles. The average molecular weight is 297 g/mol. The quantitative estimate of drug-likeness (QED) is 0.660. The summed E-state index contributed by atoms with van der Waals surface area (Å²) in [4.78, 5) is 2.35. The van der Waals surface area contributed by atoms with Crippen LogP contribution in [0.15, 0.2) is 37.4 Å². The Labute approximate surface area is 136 Å². The zero-order valence-electron chi connectivity index (χ0n) is 15.2. The predicted octanol–water partition coefficient (Wildman–Crippen LogP) is 5.38. The average Bonchev–Trinajstić information content (AvgIpc) is 2.57. The van der Waals surface area contributed by atoms with Crippen LogP contribution in [0.2, 0.25) is 0 Å². The van der Waals surface area contributed by atoms with Gasteiger partial charge in [-0.2, -0.15) is 0 Å². The summed E-state index contributed by atoms with van der Waals surface area (Å²) in [6, 6.07) is 4.83. The largest absolute Gasteiger partial charge is 0.364 e. The summed E-state index contributed by atoms with van der Waals surface area (Å²) >= 11 is 0. The number of nitrogens with zero attached hydrogens (tertiary/aromatic N) is 1. The summed E-state index contributed by atoms with van der Waals surface area (Å²) in [6.07, 6.45) is 3.93. The number of rotatable bonds is 5. The second-order valence-electron chi connectivity index (χ2n) is 7.83. The van der Waals surface area contributed by atoms with Gasteiger partial charge in [-0.3, -0.25) is 0 Å². The van der Waals surface area contributed by atoms with Gasteiger partial charge < -0.3 is 4.90 Å². The lowest BCUT2D eigenvalue weighted by Gasteiger charge is -2.32. The summed E-state index contributed by atoms with van der Waals surface area (Å²) in [5, 5.41) is 0. The van der Waals surface area contributed by atoms with Gasteiger partial charge in [0.05, 0.1) is 0 Å². The minimum Gasteiger partial charge on any atom is -0.364 e. The van der Waals surface area contributed by atoms with E-state index < -0.39 is 0 Å². The maximum absolute atomic E-state index is 3.90. The molecule has 1 atom stereocenters. The molecule has 1 aromatic rings. The molecule has 1 aromatic carbocycles. The number of anilines is 1. The normalized spacial score (nSPS) is 21.3. The van der Waals surface area contributed by atoms with Crippen molar-refractivity contribution in [2.24, 2.45) is 5.92 Å². The van der Waals surface area contributed by atoms with Crippen molar-refractivity contribution < 1.29 is 0 Å². The van der Waals surface area contributed by atoms with E-state index in [-0.39, 0.29) is 10.8 Å². The van der Waals surface area contributed by atoms with E-state index in [1.807, 2.05) is 12.2 Å². The molecule has 120 valence electrons. The summed E-state index contributed by atoms with van der Waals surface area (Å²) in [7, 11) is 0. The maximum Gasteiger partial charge on any atom is 0.0404 e. The molecule has 1 nitrogen and oxygen atoms in total. The first-order chi connectivity index (χ1) is 10.2. The molecule has 1 unspecified atom stereocenters. The number of hydrogen-bond acceptors (Lipinski definition) is 1. The van der Waals surface area contributed by atoms with Gasteiger partial charge in [0.15, 0.2) is 0 Å². The molecule has 0 fully saturated rings. The first kappa shape index (κ1) is 16.9. The van der Waals surface area contributed by atoms with Crippen LogP contribution in [0.5, 0.6) is 0 Å². The van der Waals surface area contributed by atoms with E-state index in [2.05, 4.69) is 71.7 Å². The van der Waals surface area contributed by atoms with Gasteiger partial charge in [-0.25, -0.2) is 0 Å². The fraction of sp³-hybridized carbons (Fsp3) is 0.524. The molecule has 1 heteroatoms. The molecule has 0 amide bonds. The van der Waals surface area contributed by atoms with Crippen molar-refractivity contribution in [1.29, 1.82) is 0 Å². The highest BCUT2D eigenvalue weighted by Crippen LogP contribution is 2.54. The lowest BCUT2D eigenvalue weighted by Crippen LogP contribution is -2.30. The molecule has 0 saturated carbocycles. The van der Waals surface area contributed by atoms with Crippen molar-refractivity contribution in [3.63, 3.8) is 0 Å². The van der Waals surface area contributed by atoms with Crippen LogP contribution in [-0.4, -0.2) is 13.1 Å². The molecule has 0 N–H and O–H groups in total. The molecular formula is C21H31N. The number of benzene rings is 1. The van der Waals surface area contributed by atoms with Gasteiger partial charge in [0.1, 0.15) is 0 Å². The highest BCUT2D eigenvalue weighted by Gasteiger charge is 2.48. The number of hydrogen-bond donors (Lipinski definition) is 0. The molecular weight excluding hydrogens is 266 g/mol. The molecule has 0 aliphatic heterocycles. The SMILES string of the molecule is C=CCN(CC=C)c1cc2c(cc1C)C(C)(C)C(C)C2(C)C. The summed E-state index contributed by atoms with van der Waals surface area (Å²) < 4.78 is 0. The van der Waals surface area contributed by atoms with E-state index in [0.717, 1.165) is 13.1 Å². The summed E-state index contributed by atoms with van der Waals surface area (Å²) in [5.41, 5.74) is 6.11. The van der Waals surface area contributed by atoms with Crippen molar-refractivity contribution in [2.45, 2.75) is 52.4 Å². The smallest absolute Gasteiger partial charge is 0.0404 e. The van der Waals surface area contributed by atoms with Crippen molar-refractivity contribution in [3.8, 4) is 0 Å². The zero-order chi connectivity index (χ0) is 16.7. The standard InChI is InChI=1S/C21H31N/c1-9-11-22(12-10-2)19-14-18-17(13-15(19)3)20(5,6)16(4)21(18,7)8/h9-10,13-14,16H,1-2,11-12H2,3-8H3. The van der Waals surface area contributed by atoms with Gasteiger partial charge in [-0.05, 0) is 46.4 Å².